The summed E-state index contributed by atoms with van der Waals surface area (Å²) in [5.41, 5.74) is -0.194. The van der Waals surface area contributed by atoms with Gasteiger partial charge in [0.25, 0.3) is 5.56 Å². The number of aliphatic hydroxyl groups is 1. The summed E-state index contributed by atoms with van der Waals surface area (Å²) < 4.78 is 0. The first-order chi connectivity index (χ1) is 7.18. The second-order valence-electron chi connectivity index (χ2n) is 4.12. The zero-order chi connectivity index (χ0) is 10.7. The van der Waals surface area contributed by atoms with Gasteiger partial charge in [0, 0.05) is 12.6 Å². The van der Waals surface area contributed by atoms with Crippen LogP contribution in [0.2, 0.25) is 0 Å². The van der Waals surface area contributed by atoms with Crippen molar-refractivity contribution in [3.8, 4) is 0 Å². The Balaban J connectivity index is 1.95. The van der Waals surface area contributed by atoms with Crippen LogP contribution in [0.4, 0.5) is 5.69 Å². The van der Waals surface area contributed by atoms with Gasteiger partial charge in [0.05, 0.1) is 17.5 Å². The summed E-state index contributed by atoms with van der Waals surface area (Å²) in [6.45, 7) is 0.484. The van der Waals surface area contributed by atoms with Gasteiger partial charge in [-0.3, -0.25) is 4.79 Å². The molecule has 5 nitrogen and oxygen atoms in total. The summed E-state index contributed by atoms with van der Waals surface area (Å²) in [5, 5.41) is 19.1. The summed E-state index contributed by atoms with van der Waals surface area (Å²) >= 11 is 0. The number of nitrogens with one attached hydrogen (secondary N) is 2. The van der Waals surface area contributed by atoms with Crippen LogP contribution >= 0.6 is 0 Å². The third kappa shape index (κ3) is 2.56. The van der Waals surface area contributed by atoms with Crippen molar-refractivity contribution >= 4 is 5.69 Å². The Hall–Kier alpha value is -1.36. The number of rotatable bonds is 3. The van der Waals surface area contributed by atoms with Gasteiger partial charge in [-0.25, -0.2) is 5.10 Å². The van der Waals surface area contributed by atoms with Gasteiger partial charge in [-0.1, -0.05) is 12.8 Å². The molecule has 5 heteroatoms. The largest absolute Gasteiger partial charge is 0.388 e. The molecule has 1 fully saturated rings. The zero-order valence-corrected chi connectivity index (χ0v) is 8.49. The second-order valence-corrected chi connectivity index (χ2v) is 4.12. The molecule has 0 unspecified atom stereocenters. The van der Waals surface area contributed by atoms with E-state index in [1.165, 1.54) is 6.07 Å². The van der Waals surface area contributed by atoms with E-state index in [-0.39, 0.29) is 5.56 Å². The molecule has 3 N–H and O–H groups in total. The average molecular weight is 209 g/mol. The number of hydrogen-bond donors (Lipinski definition) is 3. The zero-order valence-electron chi connectivity index (χ0n) is 8.49. The lowest BCUT2D eigenvalue weighted by molar-refractivity contribution is 0.0614. The van der Waals surface area contributed by atoms with E-state index in [0.29, 0.717) is 12.2 Å². The number of hydrogen-bond acceptors (Lipinski definition) is 4. The number of nitrogens with zero attached hydrogens (tertiary/aromatic N) is 1. The summed E-state index contributed by atoms with van der Waals surface area (Å²) in [4.78, 5) is 10.9. The van der Waals surface area contributed by atoms with Crippen LogP contribution in [-0.2, 0) is 0 Å². The van der Waals surface area contributed by atoms with Gasteiger partial charge >= 0.3 is 0 Å². The van der Waals surface area contributed by atoms with E-state index >= 15 is 0 Å². The van der Waals surface area contributed by atoms with Gasteiger partial charge < -0.3 is 10.4 Å². The first kappa shape index (κ1) is 10.2. The molecule has 0 aromatic carbocycles. The fourth-order valence-corrected chi connectivity index (χ4v) is 1.95. The monoisotopic (exact) mass is 209 g/mol. The van der Waals surface area contributed by atoms with Crippen molar-refractivity contribution in [1.29, 1.82) is 0 Å². The Morgan fingerprint density at radius 1 is 1.53 bits per heavy atom. The maximum atomic E-state index is 10.9. The number of aromatic nitrogens is 2. The molecule has 82 valence electrons. The van der Waals surface area contributed by atoms with Gasteiger partial charge in [0.2, 0.25) is 0 Å². The Morgan fingerprint density at radius 2 is 2.27 bits per heavy atom. The highest BCUT2D eigenvalue weighted by Gasteiger charge is 2.30. The molecule has 0 saturated heterocycles. The van der Waals surface area contributed by atoms with Crippen LogP contribution in [0, 0.1) is 0 Å². The molecule has 1 aromatic heterocycles. The van der Waals surface area contributed by atoms with Crippen molar-refractivity contribution in [1.82, 2.24) is 10.2 Å². The van der Waals surface area contributed by atoms with E-state index in [2.05, 4.69) is 15.5 Å². The summed E-state index contributed by atoms with van der Waals surface area (Å²) in [5.74, 6) is 0. The lowest BCUT2D eigenvalue weighted by Gasteiger charge is -2.22. The maximum absolute atomic E-state index is 10.9. The summed E-state index contributed by atoms with van der Waals surface area (Å²) in [6, 6.07) is 1.44. The van der Waals surface area contributed by atoms with Gasteiger partial charge in [0.1, 0.15) is 0 Å². The molecule has 1 aliphatic rings. The fourth-order valence-electron chi connectivity index (χ4n) is 1.95. The molecule has 15 heavy (non-hydrogen) atoms. The molecule has 1 aromatic rings. The van der Waals surface area contributed by atoms with Crippen molar-refractivity contribution < 1.29 is 5.11 Å². The van der Waals surface area contributed by atoms with E-state index in [9.17, 15) is 9.90 Å². The van der Waals surface area contributed by atoms with E-state index in [4.69, 9.17) is 0 Å². The van der Waals surface area contributed by atoms with Crippen molar-refractivity contribution in [3.05, 3.63) is 22.6 Å². The second kappa shape index (κ2) is 4.02. The van der Waals surface area contributed by atoms with Crippen LogP contribution < -0.4 is 10.9 Å². The van der Waals surface area contributed by atoms with Crippen molar-refractivity contribution in [2.45, 2.75) is 31.3 Å². The Bertz CT molecular complexity index is 382. The molecule has 0 aliphatic heterocycles. The highest BCUT2D eigenvalue weighted by Crippen LogP contribution is 2.29. The van der Waals surface area contributed by atoms with Gasteiger partial charge in [-0.05, 0) is 12.8 Å². The predicted octanol–water partition coefficient (Wildman–Crippen LogP) is 0.487. The van der Waals surface area contributed by atoms with E-state index < -0.39 is 5.60 Å². The molecule has 2 rings (SSSR count). The third-order valence-corrected chi connectivity index (χ3v) is 2.82. The molecule has 1 heterocycles. The van der Waals surface area contributed by atoms with Crippen LogP contribution in [-0.4, -0.2) is 27.4 Å². The normalized spacial score (nSPS) is 19.0. The highest BCUT2D eigenvalue weighted by molar-refractivity contribution is 5.39. The topological polar surface area (TPSA) is 78.0 Å². The Morgan fingerprint density at radius 3 is 2.93 bits per heavy atom. The average Bonchev–Trinajstić information content (AvgIpc) is 2.63. The Kier molecular flexibility index (Phi) is 2.73. The van der Waals surface area contributed by atoms with E-state index in [0.717, 1.165) is 25.7 Å². The number of aromatic amines is 1. The first-order valence-corrected chi connectivity index (χ1v) is 5.19. The number of H-pyrrole nitrogens is 1. The molecule has 1 aliphatic carbocycles. The van der Waals surface area contributed by atoms with Crippen LogP contribution in [0.1, 0.15) is 25.7 Å². The predicted molar refractivity (Wildman–Crippen MR) is 56.8 cm³/mol. The lowest BCUT2D eigenvalue weighted by Crippen LogP contribution is -2.33. The van der Waals surface area contributed by atoms with Crippen molar-refractivity contribution in [2.24, 2.45) is 0 Å². The first-order valence-electron chi connectivity index (χ1n) is 5.19. The maximum Gasteiger partial charge on any atom is 0.266 e. The number of anilines is 1. The quantitative estimate of drug-likeness (QED) is 0.677. The standard InChI is InChI=1S/C10H15N3O2/c14-9-5-8(6-12-13-9)11-7-10(15)3-1-2-4-10/h5-6,15H,1-4,7H2,(H2,11,13,14). The highest BCUT2D eigenvalue weighted by atomic mass is 16.3. The lowest BCUT2D eigenvalue weighted by atomic mass is 10.0. The molecular weight excluding hydrogens is 194 g/mol. The fraction of sp³-hybridized carbons (Fsp3) is 0.600. The minimum atomic E-state index is -0.609. The van der Waals surface area contributed by atoms with Crippen LogP contribution in [0.25, 0.3) is 0 Å². The molecule has 0 radical (unpaired) electrons. The van der Waals surface area contributed by atoms with Crippen LogP contribution in [0.3, 0.4) is 0 Å². The van der Waals surface area contributed by atoms with E-state index in [1.807, 2.05) is 0 Å². The summed E-state index contributed by atoms with van der Waals surface area (Å²) in [6.07, 6.45) is 5.35. The minimum Gasteiger partial charge on any atom is -0.388 e. The van der Waals surface area contributed by atoms with Gasteiger partial charge in [-0.15, -0.1) is 0 Å². The minimum absolute atomic E-state index is 0.238. The smallest absolute Gasteiger partial charge is 0.266 e. The molecular formula is C10H15N3O2. The summed E-state index contributed by atoms with van der Waals surface area (Å²) in [7, 11) is 0. The van der Waals surface area contributed by atoms with Gasteiger partial charge in [-0.2, -0.15) is 5.10 Å². The van der Waals surface area contributed by atoms with Gasteiger partial charge in [0.15, 0.2) is 0 Å². The molecule has 0 amide bonds. The van der Waals surface area contributed by atoms with Crippen LogP contribution in [0.15, 0.2) is 17.1 Å². The third-order valence-electron chi connectivity index (χ3n) is 2.82. The van der Waals surface area contributed by atoms with Crippen molar-refractivity contribution in [3.63, 3.8) is 0 Å². The molecule has 0 atom stereocenters. The molecule has 0 bridgehead atoms. The SMILES string of the molecule is O=c1cc(NCC2(O)CCCC2)cn[nH]1. The van der Waals surface area contributed by atoms with Crippen LogP contribution in [0.5, 0.6) is 0 Å². The van der Waals surface area contributed by atoms with E-state index in [1.54, 1.807) is 6.20 Å². The Labute approximate surface area is 87.5 Å². The van der Waals surface area contributed by atoms with Crippen molar-refractivity contribution in [2.75, 3.05) is 11.9 Å². The molecule has 0 spiro atoms. The molecule has 1 saturated carbocycles.